The fourth-order valence-electron chi connectivity index (χ4n) is 1.81. The molecule has 3 nitrogen and oxygen atoms in total. The van der Waals surface area contributed by atoms with E-state index in [1.54, 1.807) is 36.4 Å². The zero-order chi connectivity index (χ0) is 15.4. The predicted octanol–water partition coefficient (Wildman–Crippen LogP) is 4.77. The highest BCUT2D eigenvalue weighted by Crippen LogP contribution is 2.28. The lowest BCUT2D eigenvalue weighted by atomic mass is 10.1. The summed E-state index contributed by atoms with van der Waals surface area (Å²) in [7, 11) is 0. The molecule has 21 heavy (non-hydrogen) atoms. The fraction of sp³-hybridized carbons (Fsp3) is 0.133. The molecule has 0 fully saturated rings. The zero-order valence-electron chi connectivity index (χ0n) is 10.8. The van der Waals surface area contributed by atoms with Crippen LogP contribution in [0.5, 0.6) is 0 Å². The van der Waals surface area contributed by atoms with E-state index in [0.29, 0.717) is 21.2 Å². The summed E-state index contributed by atoms with van der Waals surface area (Å²) in [6.07, 6.45) is -0.793. The number of hydrogen-bond donors (Lipinski definition) is 2. The van der Waals surface area contributed by atoms with Gasteiger partial charge in [-0.05, 0) is 52.3 Å². The van der Waals surface area contributed by atoms with Crippen molar-refractivity contribution in [3.05, 3.63) is 62.0 Å². The molecule has 0 saturated carbocycles. The van der Waals surface area contributed by atoms with E-state index >= 15 is 0 Å². The minimum atomic E-state index is -0.793. The third-order valence-electron chi connectivity index (χ3n) is 2.90. The number of aliphatic hydroxyl groups excluding tert-OH is 1. The van der Waals surface area contributed by atoms with Crippen LogP contribution in [0.4, 0.5) is 5.69 Å². The molecule has 2 N–H and O–H groups in total. The Kier molecular flexibility index (Phi) is 5.49. The molecule has 2 aromatic rings. The third-order valence-corrected chi connectivity index (χ3v) is 4.14. The molecule has 0 radical (unpaired) electrons. The largest absolute Gasteiger partial charge is 0.387 e. The number of nitrogens with zero attached hydrogens (tertiary/aromatic N) is 1. The topological polar surface area (TPSA) is 56.0 Å². The maximum atomic E-state index is 10.2. The predicted molar refractivity (Wildman–Crippen MR) is 88.8 cm³/mol. The van der Waals surface area contributed by atoms with Crippen molar-refractivity contribution < 1.29 is 5.11 Å². The summed E-state index contributed by atoms with van der Waals surface area (Å²) in [6.45, 7) is 0.268. The van der Waals surface area contributed by atoms with Crippen molar-refractivity contribution in [3.8, 4) is 6.07 Å². The summed E-state index contributed by atoms with van der Waals surface area (Å²) in [5, 5.41) is 23.1. The second-order valence-corrected chi connectivity index (χ2v) is 6.07. The van der Waals surface area contributed by atoms with Gasteiger partial charge in [-0.3, -0.25) is 0 Å². The number of halogens is 3. The number of aliphatic hydroxyl groups is 1. The Morgan fingerprint density at radius 2 is 2.00 bits per heavy atom. The van der Waals surface area contributed by atoms with E-state index in [1.807, 2.05) is 0 Å². The second kappa shape index (κ2) is 7.15. The fourth-order valence-corrected chi connectivity index (χ4v) is 2.76. The number of hydrogen-bond acceptors (Lipinski definition) is 3. The molecule has 6 heteroatoms. The van der Waals surface area contributed by atoms with Gasteiger partial charge in [-0.1, -0.05) is 23.2 Å². The molecular weight excluding hydrogens is 375 g/mol. The molecule has 1 unspecified atom stereocenters. The van der Waals surface area contributed by atoms with Gasteiger partial charge in [0.2, 0.25) is 0 Å². The average Bonchev–Trinajstić information content (AvgIpc) is 2.48. The van der Waals surface area contributed by atoms with Crippen LogP contribution >= 0.6 is 39.1 Å². The Bertz CT molecular complexity index is 701. The van der Waals surface area contributed by atoms with Crippen molar-refractivity contribution in [2.75, 3.05) is 11.9 Å². The van der Waals surface area contributed by atoms with Crippen molar-refractivity contribution >= 4 is 44.8 Å². The van der Waals surface area contributed by atoms with E-state index in [4.69, 9.17) is 28.5 Å². The Morgan fingerprint density at radius 3 is 2.67 bits per heavy atom. The highest BCUT2D eigenvalue weighted by molar-refractivity contribution is 9.10. The Balaban J connectivity index is 2.09. The number of anilines is 1. The molecule has 0 aliphatic carbocycles. The van der Waals surface area contributed by atoms with E-state index in [1.165, 1.54) is 0 Å². The van der Waals surface area contributed by atoms with Gasteiger partial charge >= 0.3 is 0 Å². The lowest BCUT2D eigenvalue weighted by Crippen LogP contribution is -2.13. The molecule has 2 aromatic carbocycles. The van der Waals surface area contributed by atoms with E-state index in [0.717, 1.165) is 10.2 Å². The molecule has 0 aromatic heterocycles. The van der Waals surface area contributed by atoms with Gasteiger partial charge < -0.3 is 10.4 Å². The van der Waals surface area contributed by atoms with Crippen molar-refractivity contribution in [1.29, 1.82) is 5.26 Å². The molecule has 108 valence electrons. The molecule has 0 spiro atoms. The zero-order valence-corrected chi connectivity index (χ0v) is 13.9. The standard InChI is InChI=1S/C15H11BrCl2N2O/c16-12-5-9(7-19)1-4-14(12)20-8-15(21)11-6-10(17)2-3-13(11)18/h1-6,15,20-21H,8H2. The van der Waals surface area contributed by atoms with Gasteiger partial charge in [-0.25, -0.2) is 0 Å². The Morgan fingerprint density at radius 1 is 1.24 bits per heavy atom. The quantitative estimate of drug-likeness (QED) is 0.796. The first-order valence-electron chi connectivity index (χ1n) is 6.08. The van der Waals surface area contributed by atoms with E-state index in [-0.39, 0.29) is 6.54 Å². The van der Waals surface area contributed by atoms with Crippen LogP contribution in [-0.2, 0) is 0 Å². The molecule has 0 heterocycles. The number of benzene rings is 2. The Labute approximate surface area is 141 Å². The van der Waals surface area contributed by atoms with E-state index in [2.05, 4.69) is 27.3 Å². The SMILES string of the molecule is N#Cc1ccc(NCC(O)c2cc(Cl)ccc2Cl)c(Br)c1. The first-order valence-corrected chi connectivity index (χ1v) is 7.62. The minimum absolute atomic E-state index is 0.268. The molecule has 0 saturated heterocycles. The van der Waals surface area contributed by atoms with E-state index < -0.39 is 6.10 Å². The molecule has 0 bridgehead atoms. The number of rotatable bonds is 4. The van der Waals surface area contributed by atoms with Crippen LogP contribution in [0.1, 0.15) is 17.2 Å². The van der Waals surface area contributed by atoms with Gasteiger partial charge in [0.05, 0.1) is 17.7 Å². The molecule has 1 atom stereocenters. The van der Waals surface area contributed by atoms with Crippen LogP contribution < -0.4 is 5.32 Å². The summed E-state index contributed by atoms with van der Waals surface area (Å²) in [5.41, 5.74) is 1.92. The van der Waals surface area contributed by atoms with E-state index in [9.17, 15) is 5.11 Å². The average molecular weight is 386 g/mol. The molecule has 0 aliphatic heterocycles. The van der Waals surface area contributed by atoms with Crippen LogP contribution in [-0.4, -0.2) is 11.7 Å². The van der Waals surface area contributed by atoms with Gasteiger partial charge in [0.25, 0.3) is 0 Å². The normalized spacial score (nSPS) is 11.8. The van der Waals surface area contributed by atoms with Gasteiger partial charge in [-0.15, -0.1) is 0 Å². The number of nitrogens with one attached hydrogen (secondary N) is 1. The smallest absolute Gasteiger partial charge is 0.0992 e. The highest BCUT2D eigenvalue weighted by atomic mass is 79.9. The molecule has 0 amide bonds. The van der Waals surface area contributed by atoms with Crippen LogP contribution in [0.25, 0.3) is 0 Å². The van der Waals surface area contributed by atoms with Gasteiger partial charge in [0.15, 0.2) is 0 Å². The lowest BCUT2D eigenvalue weighted by Gasteiger charge is -2.15. The summed E-state index contributed by atoms with van der Waals surface area (Å²) < 4.78 is 0.756. The summed E-state index contributed by atoms with van der Waals surface area (Å²) >= 11 is 15.3. The van der Waals surface area contributed by atoms with Crippen LogP contribution in [0.2, 0.25) is 10.0 Å². The van der Waals surface area contributed by atoms with Gasteiger partial charge in [-0.2, -0.15) is 5.26 Å². The third kappa shape index (κ3) is 4.12. The monoisotopic (exact) mass is 384 g/mol. The van der Waals surface area contributed by atoms with Crippen LogP contribution in [0.15, 0.2) is 40.9 Å². The van der Waals surface area contributed by atoms with Crippen molar-refractivity contribution in [1.82, 2.24) is 0 Å². The van der Waals surface area contributed by atoms with Gasteiger partial charge in [0, 0.05) is 32.3 Å². The first kappa shape index (κ1) is 16.1. The molecule has 2 rings (SSSR count). The van der Waals surface area contributed by atoms with Crippen molar-refractivity contribution in [2.45, 2.75) is 6.10 Å². The molecule has 0 aliphatic rings. The highest BCUT2D eigenvalue weighted by Gasteiger charge is 2.13. The van der Waals surface area contributed by atoms with Crippen LogP contribution in [0, 0.1) is 11.3 Å². The van der Waals surface area contributed by atoms with Crippen LogP contribution in [0.3, 0.4) is 0 Å². The summed E-state index contributed by atoms with van der Waals surface area (Å²) in [4.78, 5) is 0. The summed E-state index contributed by atoms with van der Waals surface area (Å²) in [6, 6.07) is 12.2. The maximum absolute atomic E-state index is 10.2. The van der Waals surface area contributed by atoms with Crippen molar-refractivity contribution in [3.63, 3.8) is 0 Å². The Hall–Kier alpha value is -1.25. The van der Waals surface area contributed by atoms with Crippen molar-refractivity contribution in [2.24, 2.45) is 0 Å². The second-order valence-electron chi connectivity index (χ2n) is 4.37. The number of nitriles is 1. The van der Waals surface area contributed by atoms with Gasteiger partial charge in [0.1, 0.15) is 0 Å². The molecular formula is C15H11BrCl2N2O. The minimum Gasteiger partial charge on any atom is -0.387 e. The maximum Gasteiger partial charge on any atom is 0.0992 e. The first-order chi connectivity index (χ1) is 10.0. The lowest BCUT2D eigenvalue weighted by molar-refractivity contribution is 0.191. The summed E-state index contributed by atoms with van der Waals surface area (Å²) in [5.74, 6) is 0.